The number of rotatable bonds is 6. The summed E-state index contributed by atoms with van der Waals surface area (Å²) >= 11 is 0. The number of amides is 1. The lowest BCUT2D eigenvalue weighted by Crippen LogP contribution is -2.38. The lowest BCUT2D eigenvalue weighted by Gasteiger charge is -2.32. The SMILES string of the molecule is CCCOCCC(=O)N1CCC(C(=O)O)c2ccccc21. The number of carboxylic acids is 1. The number of carboxylic acid groups (broad SMARTS) is 1. The Balaban J connectivity index is 2.10. The third-order valence-corrected chi connectivity index (χ3v) is 3.65. The van der Waals surface area contributed by atoms with Gasteiger partial charge in [-0.25, -0.2) is 0 Å². The molecule has 21 heavy (non-hydrogen) atoms. The molecular weight excluding hydrogens is 270 g/mol. The second-order valence-electron chi connectivity index (χ2n) is 5.15. The molecule has 1 heterocycles. The minimum absolute atomic E-state index is 0.0117. The summed E-state index contributed by atoms with van der Waals surface area (Å²) in [4.78, 5) is 25.3. The second-order valence-corrected chi connectivity index (χ2v) is 5.15. The minimum Gasteiger partial charge on any atom is -0.481 e. The van der Waals surface area contributed by atoms with Crippen molar-refractivity contribution in [3.8, 4) is 0 Å². The molecule has 1 aromatic rings. The number of hydrogen-bond acceptors (Lipinski definition) is 3. The van der Waals surface area contributed by atoms with Crippen molar-refractivity contribution in [3.05, 3.63) is 29.8 Å². The summed E-state index contributed by atoms with van der Waals surface area (Å²) in [6, 6.07) is 7.25. The quantitative estimate of drug-likeness (QED) is 0.817. The molecule has 2 rings (SSSR count). The van der Waals surface area contributed by atoms with Gasteiger partial charge in [-0.3, -0.25) is 9.59 Å². The Labute approximate surface area is 124 Å². The van der Waals surface area contributed by atoms with Gasteiger partial charge in [0.15, 0.2) is 0 Å². The Bertz CT molecular complexity index is 515. The Hall–Kier alpha value is -1.88. The molecular formula is C16H21NO4. The van der Waals surface area contributed by atoms with Crippen molar-refractivity contribution in [2.24, 2.45) is 0 Å². The molecule has 1 aliphatic heterocycles. The monoisotopic (exact) mass is 291 g/mol. The van der Waals surface area contributed by atoms with Gasteiger partial charge in [-0.1, -0.05) is 25.1 Å². The fraction of sp³-hybridized carbons (Fsp3) is 0.500. The number of nitrogens with zero attached hydrogens (tertiary/aromatic N) is 1. The van der Waals surface area contributed by atoms with E-state index in [1.165, 1.54) is 0 Å². The Morgan fingerprint density at radius 1 is 1.33 bits per heavy atom. The predicted octanol–water partition coefficient (Wildman–Crippen LogP) is 2.41. The summed E-state index contributed by atoms with van der Waals surface area (Å²) in [5.41, 5.74) is 1.44. The van der Waals surface area contributed by atoms with Gasteiger partial charge in [0.1, 0.15) is 0 Å². The number of benzene rings is 1. The van der Waals surface area contributed by atoms with Gasteiger partial charge in [0.25, 0.3) is 0 Å². The number of carbonyl (C=O) groups excluding carboxylic acids is 1. The first kappa shape index (κ1) is 15.5. The van der Waals surface area contributed by atoms with E-state index in [1.54, 1.807) is 11.0 Å². The molecule has 0 fully saturated rings. The van der Waals surface area contributed by atoms with Gasteiger partial charge in [-0.15, -0.1) is 0 Å². The van der Waals surface area contributed by atoms with E-state index >= 15 is 0 Å². The maximum absolute atomic E-state index is 12.3. The van der Waals surface area contributed by atoms with E-state index in [4.69, 9.17) is 4.74 Å². The third kappa shape index (κ3) is 3.61. The van der Waals surface area contributed by atoms with Crippen LogP contribution in [0, 0.1) is 0 Å². The summed E-state index contributed by atoms with van der Waals surface area (Å²) in [5.74, 6) is -1.37. The number of ether oxygens (including phenoxy) is 1. The van der Waals surface area contributed by atoms with Gasteiger partial charge < -0.3 is 14.7 Å². The van der Waals surface area contributed by atoms with Crippen LogP contribution in [-0.2, 0) is 14.3 Å². The normalized spacial score (nSPS) is 17.4. The highest BCUT2D eigenvalue weighted by Gasteiger charge is 2.31. The molecule has 1 aliphatic rings. The molecule has 1 N–H and O–H groups in total. The Kier molecular flexibility index (Phi) is 5.33. The molecule has 0 saturated carbocycles. The van der Waals surface area contributed by atoms with E-state index in [1.807, 2.05) is 25.1 Å². The number of anilines is 1. The number of carbonyl (C=O) groups is 2. The zero-order valence-electron chi connectivity index (χ0n) is 12.2. The van der Waals surface area contributed by atoms with Gasteiger partial charge in [0.2, 0.25) is 5.91 Å². The average Bonchev–Trinajstić information content (AvgIpc) is 2.50. The van der Waals surface area contributed by atoms with Crippen LogP contribution in [0.15, 0.2) is 24.3 Å². The van der Waals surface area contributed by atoms with Gasteiger partial charge in [-0.05, 0) is 24.5 Å². The molecule has 0 bridgehead atoms. The fourth-order valence-electron chi connectivity index (χ4n) is 2.62. The van der Waals surface area contributed by atoms with Crippen LogP contribution in [0.3, 0.4) is 0 Å². The molecule has 0 saturated heterocycles. The summed E-state index contributed by atoms with van der Waals surface area (Å²) in [6.07, 6.45) is 1.71. The molecule has 1 aromatic carbocycles. The van der Waals surface area contributed by atoms with Crippen molar-refractivity contribution in [2.45, 2.75) is 32.1 Å². The number of hydrogen-bond donors (Lipinski definition) is 1. The maximum atomic E-state index is 12.3. The molecule has 114 valence electrons. The first-order valence-electron chi connectivity index (χ1n) is 7.35. The second kappa shape index (κ2) is 7.22. The number of para-hydroxylation sites is 1. The van der Waals surface area contributed by atoms with Crippen molar-refractivity contribution in [1.29, 1.82) is 0 Å². The highest BCUT2D eigenvalue weighted by Crippen LogP contribution is 2.35. The van der Waals surface area contributed by atoms with Gasteiger partial charge in [0.05, 0.1) is 18.9 Å². The predicted molar refractivity (Wildman–Crippen MR) is 79.5 cm³/mol. The minimum atomic E-state index is -0.833. The Morgan fingerprint density at radius 2 is 2.10 bits per heavy atom. The molecule has 0 aliphatic carbocycles. The van der Waals surface area contributed by atoms with E-state index in [-0.39, 0.29) is 5.91 Å². The van der Waals surface area contributed by atoms with Crippen LogP contribution in [0.5, 0.6) is 0 Å². The number of fused-ring (bicyclic) bond motifs is 1. The van der Waals surface area contributed by atoms with Crippen LogP contribution in [0.4, 0.5) is 5.69 Å². The zero-order chi connectivity index (χ0) is 15.2. The third-order valence-electron chi connectivity index (χ3n) is 3.65. The fourth-order valence-corrected chi connectivity index (χ4v) is 2.62. The van der Waals surface area contributed by atoms with E-state index in [0.717, 1.165) is 17.7 Å². The van der Waals surface area contributed by atoms with Crippen molar-refractivity contribution in [2.75, 3.05) is 24.7 Å². The smallest absolute Gasteiger partial charge is 0.311 e. The van der Waals surface area contributed by atoms with Crippen LogP contribution in [0.2, 0.25) is 0 Å². The van der Waals surface area contributed by atoms with Gasteiger partial charge in [-0.2, -0.15) is 0 Å². The van der Waals surface area contributed by atoms with Crippen molar-refractivity contribution >= 4 is 17.6 Å². The summed E-state index contributed by atoms with van der Waals surface area (Å²) in [7, 11) is 0. The van der Waals surface area contributed by atoms with Gasteiger partial charge >= 0.3 is 5.97 Å². The van der Waals surface area contributed by atoms with Crippen molar-refractivity contribution < 1.29 is 19.4 Å². The molecule has 5 nitrogen and oxygen atoms in total. The highest BCUT2D eigenvalue weighted by atomic mass is 16.5. The summed E-state index contributed by atoms with van der Waals surface area (Å²) < 4.78 is 5.35. The van der Waals surface area contributed by atoms with Gasteiger partial charge in [0, 0.05) is 18.8 Å². The first-order valence-corrected chi connectivity index (χ1v) is 7.35. The lowest BCUT2D eigenvalue weighted by molar-refractivity contribution is -0.139. The number of aliphatic carboxylic acids is 1. The van der Waals surface area contributed by atoms with Crippen LogP contribution in [-0.4, -0.2) is 36.7 Å². The van der Waals surface area contributed by atoms with Crippen molar-refractivity contribution in [1.82, 2.24) is 0 Å². The van der Waals surface area contributed by atoms with Crippen LogP contribution in [0.1, 0.15) is 37.7 Å². The van der Waals surface area contributed by atoms with E-state index < -0.39 is 11.9 Å². The molecule has 0 spiro atoms. The standard InChI is InChI=1S/C16H21NO4/c1-2-10-21-11-8-15(18)17-9-7-13(16(19)20)12-5-3-4-6-14(12)17/h3-6,13H,2,7-11H2,1H3,(H,19,20). The summed E-state index contributed by atoms with van der Waals surface area (Å²) in [6.45, 7) is 3.54. The van der Waals surface area contributed by atoms with Crippen LogP contribution < -0.4 is 4.90 Å². The summed E-state index contributed by atoms with van der Waals surface area (Å²) in [5, 5.41) is 9.29. The van der Waals surface area contributed by atoms with E-state index in [0.29, 0.717) is 32.6 Å². The molecule has 0 radical (unpaired) electrons. The molecule has 1 atom stereocenters. The topological polar surface area (TPSA) is 66.8 Å². The zero-order valence-corrected chi connectivity index (χ0v) is 12.2. The lowest BCUT2D eigenvalue weighted by atomic mass is 9.90. The molecule has 5 heteroatoms. The van der Waals surface area contributed by atoms with Crippen LogP contribution in [0.25, 0.3) is 0 Å². The van der Waals surface area contributed by atoms with Crippen molar-refractivity contribution in [3.63, 3.8) is 0 Å². The maximum Gasteiger partial charge on any atom is 0.311 e. The molecule has 1 unspecified atom stereocenters. The van der Waals surface area contributed by atoms with Crippen LogP contribution >= 0.6 is 0 Å². The van der Waals surface area contributed by atoms with E-state index in [9.17, 15) is 14.7 Å². The van der Waals surface area contributed by atoms with E-state index in [2.05, 4.69) is 0 Å². The largest absolute Gasteiger partial charge is 0.481 e. The highest BCUT2D eigenvalue weighted by molar-refractivity contribution is 5.96. The molecule has 0 aromatic heterocycles. The average molecular weight is 291 g/mol. The Morgan fingerprint density at radius 3 is 2.81 bits per heavy atom. The first-order chi connectivity index (χ1) is 10.1. The molecule has 1 amide bonds.